The highest BCUT2D eigenvalue weighted by molar-refractivity contribution is 6.17. The maximum atomic E-state index is 12.2. The van der Waals surface area contributed by atoms with Gasteiger partial charge in [0.05, 0.1) is 32.8 Å². The molecule has 22 heavy (non-hydrogen) atoms. The van der Waals surface area contributed by atoms with Crippen LogP contribution < -0.4 is 11.2 Å². The van der Waals surface area contributed by atoms with Crippen molar-refractivity contribution in [1.82, 2.24) is 18.7 Å². The van der Waals surface area contributed by atoms with Crippen LogP contribution in [-0.4, -0.2) is 51.0 Å². The first-order valence-electron chi connectivity index (χ1n) is 6.90. The average molecular weight is 331 g/mol. The van der Waals surface area contributed by atoms with Gasteiger partial charge in [0.2, 0.25) is 0 Å². The summed E-state index contributed by atoms with van der Waals surface area (Å²) in [5.74, 6) is 0.461. The minimum Gasteiger partial charge on any atom is -0.378 e. The number of hydrogen-bond acceptors (Lipinski definition) is 5. The van der Waals surface area contributed by atoms with Gasteiger partial charge < -0.3 is 14.0 Å². The third kappa shape index (κ3) is 3.40. The van der Waals surface area contributed by atoms with Gasteiger partial charge in [0.25, 0.3) is 5.56 Å². The third-order valence-electron chi connectivity index (χ3n) is 3.29. The Morgan fingerprint density at radius 3 is 2.45 bits per heavy atom. The molecule has 0 aliphatic rings. The standard InChI is InChI=1S/C13H19ClN4O4/c1-16-11-10(12(19)17(2)13(16)20)18(9-15-11)4-6-22-8-7-21-5-3-14/h9H,3-8H2,1-2H3. The van der Waals surface area contributed by atoms with E-state index in [0.29, 0.717) is 50.0 Å². The van der Waals surface area contributed by atoms with Crippen molar-refractivity contribution >= 4 is 22.8 Å². The Bertz CT molecular complexity index is 749. The van der Waals surface area contributed by atoms with Crippen molar-refractivity contribution in [3.63, 3.8) is 0 Å². The fourth-order valence-electron chi connectivity index (χ4n) is 2.11. The lowest BCUT2D eigenvalue weighted by molar-refractivity contribution is 0.0506. The van der Waals surface area contributed by atoms with E-state index in [1.54, 1.807) is 17.9 Å². The highest BCUT2D eigenvalue weighted by Crippen LogP contribution is 2.05. The Hall–Kier alpha value is -1.64. The Labute approximate surface area is 131 Å². The molecule has 2 aromatic heterocycles. The number of aromatic nitrogens is 4. The van der Waals surface area contributed by atoms with Crippen molar-refractivity contribution in [3.8, 4) is 0 Å². The normalized spacial score (nSPS) is 11.4. The third-order valence-corrected chi connectivity index (χ3v) is 3.44. The molecule has 0 aliphatic heterocycles. The Balaban J connectivity index is 2.04. The van der Waals surface area contributed by atoms with E-state index in [9.17, 15) is 9.59 Å². The zero-order valence-corrected chi connectivity index (χ0v) is 13.4. The second-order valence-corrected chi connectivity index (χ2v) is 5.11. The molecule has 0 unspecified atom stereocenters. The van der Waals surface area contributed by atoms with Crippen molar-refractivity contribution in [1.29, 1.82) is 0 Å². The van der Waals surface area contributed by atoms with E-state index in [0.717, 1.165) is 4.57 Å². The van der Waals surface area contributed by atoms with Gasteiger partial charge in [-0.1, -0.05) is 0 Å². The number of alkyl halides is 1. The number of aryl methyl sites for hydroxylation is 1. The van der Waals surface area contributed by atoms with Crippen LogP contribution >= 0.6 is 11.6 Å². The van der Waals surface area contributed by atoms with Crippen molar-refractivity contribution < 1.29 is 9.47 Å². The van der Waals surface area contributed by atoms with E-state index < -0.39 is 5.69 Å². The SMILES string of the molecule is Cn1c(=O)c2c(ncn2CCOCCOCCCl)n(C)c1=O. The molecule has 0 spiro atoms. The maximum absolute atomic E-state index is 12.2. The summed E-state index contributed by atoms with van der Waals surface area (Å²) in [6.07, 6.45) is 1.54. The van der Waals surface area contributed by atoms with Crippen LogP contribution in [0.4, 0.5) is 0 Å². The minimum atomic E-state index is -0.393. The lowest BCUT2D eigenvalue weighted by Gasteiger charge is -2.07. The molecule has 8 nitrogen and oxygen atoms in total. The number of hydrogen-bond donors (Lipinski definition) is 0. The lowest BCUT2D eigenvalue weighted by Crippen LogP contribution is -2.37. The van der Waals surface area contributed by atoms with Gasteiger partial charge in [-0.15, -0.1) is 11.6 Å². The number of imidazole rings is 1. The van der Waals surface area contributed by atoms with E-state index in [1.807, 2.05) is 0 Å². The molecule has 0 saturated heterocycles. The quantitative estimate of drug-likeness (QED) is 0.490. The van der Waals surface area contributed by atoms with E-state index in [4.69, 9.17) is 21.1 Å². The summed E-state index contributed by atoms with van der Waals surface area (Å²) in [5.41, 5.74) is 0.0154. The Morgan fingerprint density at radius 2 is 1.77 bits per heavy atom. The van der Waals surface area contributed by atoms with Gasteiger partial charge in [-0.05, 0) is 0 Å². The van der Waals surface area contributed by atoms with Gasteiger partial charge in [0.1, 0.15) is 0 Å². The largest absolute Gasteiger partial charge is 0.378 e. The summed E-state index contributed by atoms with van der Waals surface area (Å²) >= 11 is 5.48. The zero-order chi connectivity index (χ0) is 16.1. The Morgan fingerprint density at radius 1 is 1.09 bits per heavy atom. The second kappa shape index (κ2) is 7.57. The van der Waals surface area contributed by atoms with Crippen LogP contribution in [0.25, 0.3) is 11.2 Å². The summed E-state index contributed by atoms with van der Waals surface area (Å²) in [5, 5.41) is 0. The number of ether oxygens (including phenoxy) is 2. The molecule has 0 bridgehead atoms. The summed E-state index contributed by atoms with van der Waals surface area (Å²) in [6, 6.07) is 0. The molecule has 0 fully saturated rings. The smallest absolute Gasteiger partial charge is 0.332 e. The molecule has 0 aliphatic carbocycles. The molecule has 2 aromatic rings. The second-order valence-electron chi connectivity index (χ2n) is 4.73. The topological polar surface area (TPSA) is 80.3 Å². The van der Waals surface area contributed by atoms with E-state index in [-0.39, 0.29) is 5.56 Å². The molecule has 0 saturated carbocycles. The lowest BCUT2D eigenvalue weighted by atomic mass is 10.5. The van der Waals surface area contributed by atoms with Crippen LogP contribution in [-0.2, 0) is 30.1 Å². The summed E-state index contributed by atoms with van der Waals surface area (Å²) in [6.45, 7) is 2.33. The fourth-order valence-corrected chi connectivity index (χ4v) is 2.22. The van der Waals surface area contributed by atoms with Crippen LogP contribution in [0.5, 0.6) is 0 Å². The molecule has 0 N–H and O–H groups in total. The number of rotatable bonds is 8. The highest BCUT2D eigenvalue weighted by atomic mass is 35.5. The van der Waals surface area contributed by atoms with Gasteiger partial charge in [-0.2, -0.15) is 0 Å². The molecular weight excluding hydrogens is 312 g/mol. The summed E-state index contributed by atoms with van der Waals surface area (Å²) in [7, 11) is 3.04. The molecule has 9 heteroatoms. The van der Waals surface area contributed by atoms with Gasteiger partial charge in [0, 0.05) is 26.5 Å². The number of nitrogens with zero attached hydrogens (tertiary/aromatic N) is 4. The van der Waals surface area contributed by atoms with Crippen LogP contribution in [0.1, 0.15) is 0 Å². The molecule has 0 aromatic carbocycles. The predicted molar refractivity (Wildman–Crippen MR) is 82.6 cm³/mol. The van der Waals surface area contributed by atoms with Crippen molar-refractivity contribution in [2.45, 2.75) is 6.54 Å². The van der Waals surface area contributed by atoms with Crippen molar-refractivity contribution in [2.75, 3.05) is 32.3 Å². The maximum Gasteiger partial charge on any atom is 0.332 e. The van der Waals surface area contributed by atoms with Crippen LogP contribution in [0, 0.1) is 0 Å². The minimum absolute atomic E-state index is 0.360. The van der Waals surface area contributed by atoms with Gasteiger partial charge >= 0.3 is 5.69 Å². The first kappa shape index (κ1) is 16.7. The average Bonchev–Trinajstić information content (AvgIpc) is 2.94. The predicted octanol–water partition coefficient (Wildman–Crippen LogP) is -0.294. The molecule has 0 amide bonds. The van der Waals surface area contributed by atoms with Crippen molar-refractivity contribution in [3.05, 3.63) is 27.2 Å². The molecule has 122 valence electrons. The monoisotopic (exact) mass is 330 g/mol. The fraction of sp³-hybridized carbons (Fsp3) is 0.615. The van der Waals surface area contributed by atoms with Crippen molar-refractivity contribution in [2.24, 2.45) is 14.1 Å². The number of halogens is 1. The van der Waals surface area contributed by atoms with Crippen LogP contribution in [0.15, 0.2) is 15.9 Å². The molecule has 0 atom stereocenters. The zero-order valence-electron chi connectivity index (χ0n) is 12.6. The van der Waals surface area contributed by atoms with E-state index in [2.05, 4.69) is 4.98 Å². The first-order chi connectivity index (χ1) is 10.6. The van der Waals surface area contributed by atoms with Crippen LogP contribution in [0.2, 0.25) is 0 Å². The molecular formula is C13H19ClN4O4. The number of fused-ring (bicyclic) bond motifs is 1. The van der Waals surface area contributed by atoms with Gasteiger partial charge in [-0.25, -0.2) is 9.78 Å². The van der Waals surface area contributed by atoms with Crippen LogP contribution in [0.3, 0.4) is 0 Å². The summed E-state index contributed by atoms with van der Waals surface area (Å²) < 4.78 is 14.7. The Kier molecular flexibility index (Phi) is 5.76. The highest BCUT2D eigenvalue weighted by Gasteiger charge is 2.13. The van der Waals surface area contributed by atoms with Gasteiger partial charge in [0.15, 0.2) is 11.2 Å². The van der Waals surface area contributed by atoms with Gasteiger partial charge in [-0.3, -0.25) is 13.9 Å². The summed E-state index contributed by atoms with van der Waals surface area (Å²) in [4.78, 5) is 28.2. The molecule has 2 heterocycles. The van der Waals surface area contributed by atoms with E-state index in [1.165, 1.54) is 11.6 Å². The van der Waals surface area contributed by atoms with E-state index >= 15 is 0 Å². The molecule has 2 rings (SSSR count). The molecule has 0 radical (unpaired) electrons. The first-order valence-corrected chi connectivity index (χ1v) is 7.43.